The highest BCUT2D eigenvalue weighted by Gasteiger charge is 2.04. The molecule has 20 heavy (non-hydrogen) atoms. The fraction of sp³-hybridized carbons (Fsp3) is 0.118. The molecule has 0 atom stereocenters. The van der Waals surface area contributed by atoms with Crippen LogP contribution in [-0.2, 0) is 11.2 Å². The fourth-order valence-electron chi connectivity index (χ4n) is 2.53. The molecule has 3 aromatic rings. The minimum atomic E-state index is -0.136. The molecule has 0 aliphatic heterocycles. The van der Waals surface area contributed by atoms with E-state index in [-0.39, 0.29) is 5.91 Å². The molecule has 0 spiro atoms. The lowest BCUT2D eigenvalue weighted by Crippen LogP contribution is -2.30. The van der Waals surface area contributed by atoms with Gasteiger partial charge < -0.3 is 0 Å². The number of aryl methyl sites for hydroxylation is 1. The summed E-state index contributed by atoms with van der Waals surface area (Å²) in [5.74, 6) is 4.97. The molecule has 3 heteroatoms. The standard InChI is InChI=1S/C17H16N2O/c18-19-17(20)10-6-12-5-7-14-9-8-13-3-1-2-4-15(13)16(14)11-12/h1-5,7-9,11H,6,10,18H2,(H,19,20). The number of rotatable bonds is 3. The van der Waals surface area contributed by atoms with Crippen LogP contribution in [0.25, 0.3) is 21.5 Å². The Morgan fingerprint density at radius 3 is 2.45 bits per heavy atom. The molecule has 0 saturated heterocycles. The highest BCUT2D eigenvalue weighted by Crippen LogP contribution is 2.26. The summed E-state index contributed by atoms with van der Waals surface area (Å²) in [6, 6.07) is 19.0. The van der Waals surface area contributed by atoms with Crippen molar-refractivity contribution in [2.45, 2.75) is 12.8 Å². The first-order valence-electron chi connectivity index (χ1n) is 6.68. The van der Waals surface area contributed by atoms with E-state index in [0.29, 0.717) is 12.8 Å². The Morgan fingerprint density at radius 2 is 1.65 bits per heavy atom. The van der Waals surface area contributed by atoms with Crippen LogP contribution in [0.15, 0.2) is 54.6 Å². The summed E-state index contributed by atoms with van der Waals surface area (Å²) >= 11 is 0. The van der Waals surface area contributed by atoms with Crippen molar-refractivity contribution in [1.29, 1.82) is 0 Å². The second-order valence-electron chi connectivity index (χ2n) is 4.91. The first kappa shape index (κ1) is 12.6. The van der Waals surface area contributed by atoms with Gasteiger partial charge in [0.2, 0.25) is 5.91 Å². The molecule has 0 saturated carbocycles. The fourth-order valence-corrected chi connectivity index (χ4v) is 2.53. The first-order chi connectivity index (χ1) is 9.78. The van der Waals surface area contributed by atoms with Gasteiger partial charge in [-0.15, -0.1) is 0 Å². The monoisotopic (exact) mass is 264 g/mol. The van der Waals surface area contributed by atoms with Crippen LogP contribution in [0.4, 0.5) is 0 Å². The Balaban J connectivity index is 2.04. The van der Waals surface area contributed by atoms with Gasteiger partial charge in [0.15, 0.2) is 0 Å². The van der Waals surface area contributed by atoms with Gasteiger partial charge in [0, 0.05) is 6.42 Å². The lowest BCUT2D eigenvalue weighted by Gasteiger charge is -2.07. The maximum Gasteiger partial charge on any atom is 0.234 e. The SMILES string of the molecule is NNC(=O)CCc1ccc2ccc3ccccc3c2c1. The van der Waals surface area contributed by atoms with Gasteiger partial charge in [-0.25, -0.2) is 5.84 Å². The largest absolute Gasteiger partial charge is 0.294 e. The predicted molar refractivity (Wildman–Crippen MR) is 82.1 cm³/mol. The Morgan fingerprint density at radius 1 is 0.950 bits per heavy atom. The van der Waals surface area contributed by atoms with Gasteiger partial charge in [-0.1, -0.05) is 54.6 Å². The highest BCUT2D eigenvalue weighted by molar-refractivity contribution is 6.07. The zero-order valence-electron chi connectivity index (χ0n) is 11.1. The minimum Gasteiger partial charge on any atom is -0.294 e. The van der Waals surface area contributed by atoms with Crippen molar-refractivity contribution in [1.82, 2.24) is 5.43 Å². The van der Waals surface area contributed by atoms with E-state index in [1.807, 2.05) is 6.07 Å². The number of benzene rings is 3. The van der Waals surface area contributed by atoms with Crippen LogP contribution in [-0.4, -0.2) is 5.91 Å². The first-order valence-corrected chi connectivity index (χ1v) is 6.68. The van der Waals surface area contributed by atoms with Crippen molar-refractivity contribution in [2.24, 2.45) is 5.84 Å². The van der Waals surface area contributed by atoms with E-state index in [2.05, 4.69) is 54.0 Å². The molecule has 100 valence electrons. The molecular weight excluding hydrogens is 248 g/mol. The topological polar surface area (TPSA) is 55.1 Å². The molecular formula is C17H16N2O. The Hall–Kier alpha value is -2.39. The number of hydrogen-bond donors (Lipinski definition) is 2. The summed E-state index contributed by atoms with van der Waals surface area (Å²) in [5.41, 5.74) is 3.31. The van der Waals surface area contributed by atoms with Crippen molar-refractivity contribution in [2.75, 3.05) is 0 Å². The summed E-state index contributed by atoms with van der Waals surface area (Å²) in [6.07, 6.45) is 1.11. The minimum absolute atomic E-state index is 0.136. The molecule has 0 radical (unpaired) electrons. The zero-order valence-corrected chi connectivity index (χ0v) is 11.1. The molecule has 0 bridgehead atoms. The molecule has 3 nitrogen and oxygen atoms in total. The van der Waals surface area contributed by atoms with Crippen LogP contribution >= 0.6 is 0 Å². The number of amides is 1. The lowest BCUT2D eigenvalue weighted by molar-refractivity contribution is -0.121. The van der Waals surface area contributed by atoms with E-state index < -0.39 is 0 Å². The molecule has 0 aliphatic carbocycles. The van der Waals surface area contributed by atoms with Crippen LogP contribution < -0.4 is 11.3 Å². The summed E-state index contributed by atoms with van der Waals surface area (Å²) in [6.45, 7) is 0. The van der Waals surface area contributed by atoms with E-state index in [9.17, 15) is 4.79 Å². The van der Waals surface area contributed by atoms with E-state index in [1.54, 1.807) is 0 Å². The van der Waals surface area contributed by atoms with Crippen LogP contribution in [0.1, 0.15) is 12.0 Å². The van der Waals surface area contributed by atoms with Crippen molar-refractivity contribution in [3.05, 3.63) is 60.2 Å². The van der Waals surface area contributed by atoms with E-state index >= 15 is 0 Å². The number of fused-ring (bicyclic) bond motifs is 3. The molecule has 0 aliphatic rings. The number of hydrazine groups is 1. The van der Waals surface area contributed by atoms with Gasteiger partial charge in [-0.3, -0.25) is 10.2 Å². The lowest BCUT2D eigenvalue weighted by atomic mass is 9.98. The summed E-state index contributed by atoms with van der Waals surface area (Å²) in [4.78, 5) is 11.2. The molecule has 0 fully saturated rings. The number of hydrogen-bond acceptors (Lipinski definition) is 2. The maximum absolute atomic E-state index is 11.2. The second-order valence-corrected chi connectivity index (χ2v) is 4.91. The van der Waals surface area contributed by atoms with Crippen LogP contribution in [0.2, 0.25) is 0 Å². The third-order valence-corrected chi connectivity index (χ3v) is 3.61. The average molecular weight is 264 g/mol. The zero-order chi connectivity index (χ0) is 13.9. The van der Waals surface area contributed by atoms with Crippen LogP contribution in [0, 0.1) is 0 Å². The molecule has 3 aromatic carbocycles. The third-order valence-electron chi connectivity index (χ3n) is 3.61. The van der Waals surface area contributed by atoms with Crippen molar-refractivity contribution in [3.8, 4) is 0 Å². The van der Waals surface area contributed by atoms with Crippen molar-refractivity contribution in [3.63, 3.8) is 0 Å². The van der Waals surface area contributed by atoms with E-state index in [1.165, 1.54) is 21.5 Å². The molecule has 0 heterocycles. The van der Waals surface area contributed by atoms with Crippen LogP contribution in [0.5, 0.6) is 0 Å². The Labute approximate surface area is 117 Å². The predicted octanol–water partition coefficient (Wildman–Crippen LogP) is 2.92. The number of nitrogens with one attached hydrogen (secondary N) is 1. The van der Waals surface area contributed by atoms with Gasteiger partial charge in [0.05, 0.1) is 0 Å². The van der Waals surface area contributed by atoms with Gasteiger partial charge in [-0.2, -0.15) is 0 Å². The molecule has 3 rings (SSSR count). The maximum atomic E-state index is 11.2. The smallest absolute Gasteiger partial charge is 0.234 e. The average Bonchev–Trinajstić information content (AvgIpc) is 2.52. The number of carbonyl (C=O) groups excluding carboxylic acids is 1. The normalized spacial score (nSPS) is 10.8. The molecule has 3 N–H and O–H groups in total. The van der Waals surface area contributed by atoms with Crippen LogP contribution in [0.3, 0.4) is 0 Å². The summed E-state index contributed by atoms with van der Waals surface area (Å²) in [7, 11) is 0. The second kappa shape index (κ2) is 5.31. The number of nitrogens with two attached hydrogens (primary N) is 1. The molecule has 0 unspecified atom stereocenters. The number of carbonyl (C=O) groups is 1. The highest BCUT2D eigenvalue weighted by atomic mass is 16.2. The van der Waals surface area contributed by atoms with Gasteiger partial charge in [0.1, 0.15) is 0 Å². The van der Waals surface area contributed by atoms with Gasteiger partial charge >= 0.3 is 0 Å². The molecule has 0 aromatic heterocycles. The third kappa shape index (κ3) is 2.36. The Bertz CT molecular complexity index is 780. The summed E-state index contributed by atoms with van der Waals surface area (Å²) in [5, 5.41) is 4.93. The quantitative estimate of drug-likeness (QED) is 0.331. The van der Waals surface area contributed by atoms with Crippen molar-refractivity contribution < 1.29 is 4.79 Å². The Kier molecular flexibility index (Phi) is 3.35. The van der Waals surface area contributed by atoms with Crippen molar-refractivity contribution >= 4 is 27.5 Å². The van der Waals surface area contributed by atoms with Gasteiger partial charge in [-0.05, 0) is 33.5 Å². The van der Waals surface area contributed by atoms with E-state index in [4.69, 9.17) is 5.84 Å². The molecule has 1 amide bonds. The van der Waals surface area contributed by atoms with Gasteiger partial charge in [0.25, 0.3) is 0 Å². The van der Waals surface area contributed by atoms with E-state index in [0.717, 1.165) is 5.56 Å². The summed E-state index contributed by atoms with van der Waals surface area (Å²) < 4.78 is 0.